The van der Waals surface area contributed by atoms with Crippen LogP contribution < -0.4 is 5.32 Å². The van der Waals surface area contributed by atoms with Crippen LogP contribution in [0.2, 0.25) is 0 Å². The van der Waals surface area contributed by atoms with Crippen LogP contribution in [0.3, 0.4) is 0 Å². The molecule has 10 heteroatoms. The molecule has 0 unspecified atom stereocenters. The van der Waals surface area contributed by atoms with Crippen LogP contribution in [-0.4, -0.2) is 69.9 Å². The van der Waals surface area contributed by atoms with Gasteiger partial charge in [0.1, 0.15) is 6.61 Å². The Labute approximate surface area is 234 Å². The lowest BCUT2D eigenvalue weighted by atomic mass is 9.91. The van der Waals surface area contributed by atoms with Gasteiger partial charge < -0.3 is 25.0 Å². The number of hydrogen-bond acceptors (Lipinski definition) is 6. The first kappa shape index (κ1) is 29.0. The molecule has 2 N–H and O–H groups in total. The zero-order valence-corrected chi connectivity index (χ0v) is 22.7. The zero-order chi connectivity index (χ0) is 28.3. The number of benzene rings is 1. The molecule has 0 bridgehead atoms. The molecule has 2 aromatic rings. The first-order valence-electron chi connectivity index (χ1n) is 14.0. The highest BCUT2D eigenvalue weighted by Crippen LogP contribution is 2.25. The predicted molar refractivity (Wildman–Crippen MR) is 147 cm³/mol. The predicted octanol–water partition coefficient (Wildman–Crippen LogP) is 3.78. The molecule has 4 rings (SSSR count). The van der Waals surface area contributed by atoms with Crippen LogP contribution in [0, 0.1) is 11.8 Å². The molecule has 214 valence electrons. The fourth-order valence-corrected chi connectivity index (χ4v) is 5.42. The van der Waals surface area contributed by atoms with Gasteiger partial charge >= 0.3 is 12.1 Å². The number of aromatic nitrogens is 1. The third-order valence-corrected chi connectivity index (χ3v) is 7.77. The van der Waals surface area contributed by atoms with E-state index in [1.165, 1.54) is 0 Å². The van der Waals surface area contributed by atoms with Crippen molar-refractivity contribution in [1.82, 2.24) is 20.1 Å². The van der Waals surface area contributed by atoms with Crippen molar-refractivity contribution >= 4 is 23.9 Å². The van der Waals surface area contributed by atoms with Gasteiger partial charge in [0.15, 0.2) is 0 Å². The second-order valence-electron chi connectivity index (χ2n) is 10.6. The lowest BCUT2D eigenvalue weighted by molar-refractivity contribution is -0.138. The van der Waals surface area contributed by atoms with E-state index in [1.54, 1.807) is 34.3 Å². The molecule has 0 spiro atoms. The number of nitrogens with one attached hydrogen (secondary N) is 1. The van der Waals surface area contributed by atoms with Gasteiger partial charge in [-0.25, -0.2) is 4.79 Å². The maximum Gasteiger partial charge on any atom is 0.410 e. The van der Waals surface area contributed by atoms with Crippen LogP contribution >= 0.6 is 0 Å². The van der Waals surface area contributed by atoms with E-state index in [2.05, 4.69) is 10.3 Å². The number of likely N-dealkylation sites (tertiary alicyclic amines) is 2. The first-order chi connectivity index (χ1) is 19.4. The van der Waals surface area contributed by atoms with Gasteiger partial charge in [-0.05, 0) is 55.2 Å². The third kappa shape index (κ3) is 8.53. The number of amides is 3. The molecule has 10 nitrogen and oxygen atoms in total. The quantitative estimate of drug-likeness (QED) is 0.461. The lowest BCUT2D eigenvalue weighted by Gasteiger charge is -2.34. The van der Waals surface area contributed by atoms with Crippen LogP contribution in [0.15, 0.2) is 54.9 Å². The largest absolute Gasteiger partial charge is 0.481 e. The molecule has 0 aliphatic carbocycles. The van der Waals surface area contributed by atoms with Gasteiger partial charge in [-0.3, -0.25) is 19.4 Å². The molecule has 2 atom stereocenters. The second-order valence-corrected chi connectivity index (χ2v) is 10.6. The van der Waals surface area contributed by atoms with E-state index in [0.717, 1.165) is 31.2 Å². The number of carboxylic acids is 1. The molecule has 2 fully saturated rings. The van der Waals surface area contributed by atoms with Crippen molar-refractivity contribution in [3.8, 4) is 0 Å². The Morgan fingerprint density at radius 3 is 2.48 bits per heavy atom. The third-order valence-electron chi connectivity index (χ3n) is 7.77. The minimum atomic E-state index is -1.01. The fraction of sp³-hybridized carbons (Fsp3) is 0.500. The van der Waals surface area contributed by atoms with E-state index < -0.39 is 12.0 Å². The Morgan fingerprint density at radius 2 is 1.77 bits per heavy atom. The van der Waals surface area contributed by atoms with Gasteiger partial charge in [0.25, 0.3) is 0 Å². The highest BCUT2D eigenvalue weighted by molar-refractivity contribution is 5.82. The molecule has 0 saturated carbocycles. The minimum Gasteiger partial charge on any atom is -0.481 e. The van der Waals surface area contributed by atoms with E-state index in [9.17, 15) is 24.3 Å². The number of nitrogens with zero attached hydrogens (tertiary/aromatic N) is 3. The molecule has 2 aliphatic heterocycles. The number of pyridine rings is 1. The smallest absolute Gasteiger partial charge is 0.410 e. The number of hydrogen-bond donors (Lipinski definition) is 2. The van der Waals surface area contributed by atoms with Crippen molar-refractivity contribution in [2.75, 3.05) is 26.2 Å². The molecule has 1 aromatic heterocycles. The number of ether oxygens (including phenoxy) is 1. The van der Waals surface area contributed by atoms with Gasteiger partial charge in [0.2, 0.25) is 11.8 Å². The normalized spacial score (nSPS) is 18.6. The molecule has 3 heterocycles. The highest BCUT2D eigenvalue weighted by atomic mass is 16.6. The van der Waals surface area contributed by atoms with Crippen LogP contribution in [0.5, 0.6) is 0 Å². The molecule has 2 aliphatic rings. The summed E-state index contributed by atoms with van der Waals surface area (Å²) in [6.45, 7) is 2.45. The molecule has 2 saturated heterocycles. The summed E-state index contributed by atoms with van der Waals surface area (Å²) >= 11 is 0. The number of carbonyl (C=O) groups excluding carboxylic acids is 3. The molecule has 1 aromatic carbocycles. The van der Waals surface area contributed by atoms with Crippen molar-refractivity contribution in [1.29, 1.82) is 0 Å². The summed E-state index contributed by atoms with van der Waals surface area (Å²) in [7, 11) is 0. The van der Waals surface area contributed by atoms with Crippen molar-refractivity contribution < 1.29 is 29.0 Å². The van der Waals surface area contributed by atoms with E-state index in [-0.39, 0.29) is 36.9 Å². The monoisotopic (exact) mass is 550 g/mol. The molecule has 3 amide bonds. The number of rotatable bonds is 10. The maximum atomic E-state index is 13.0. The molecule has 40 heavy (non-hydrogen) atoms. The van der Waals surface area contributed by atoms with Crippen LogP contribution in [0.4, 0.5) is 4.79 Å². The summed E-state index contributed by atoms with van der Waals surface area (Å²) < 4.78 is 5.44. The van der Waals surface area contributed by atoms with E-state index in [0.29, 0.717) is 50.5 Å². The minimum absolute atomic E-state index is 0.0385. The van der Waals surface area contributed by atoms with E-state index in [4.69, 9.17) is 4.74 Å². The van der Waals surface area contributed by atoms with Crippen molar-refractivity contribution in [3.05, 3.63) is 66.0 Å². The Balaban J connectivity index is 1.19. The fourth-order valence-electron chi connectivity index (χ4n) is 5.42. The number of piperidine rings is 2. The summed E-state index contributed by atoms with van der Waals surface area (Å²) in [6.07, 6.45) is 6.82. The Morgan fingerprint density at radius 1 is 1.00 bits per heavy atom. The summed E-state index contributed by atoms with van der Waals surface area (Å²) in [4.78, 5) is 57.4. The van der Waals surface area contributed by atoms with Crippen LogP contribution in [0.1, 0.15) is 62.1 Å². The first-order valence-corrected chi connectivity index (χ1v) is 14.0. The number of carbonyl (C=O) groups is 4. The summed E-state index contributed by atoms with van der Waals surface area (Å²) in [5.41, 5.74) is 1.59. The van der Waals surface area contributed by atoms with Gasteiger partial charge in [0, 0.05) is 45.0 Å². The van der Waals surface area contributed by atoms with Gasteiger partial charge in [-0.2, -0.15) is 0 Å². The standard InChI is InChI=1S/C30H38N4O6/c35-27(11-10-22-12-16-33(17-13-22)30(39)40-21-23-6-2-1-3-7-23)34-15-5-9-25(20-34)29(38)32-26(18-28(36)37)24-8-4-14-31-19-24/h1-4,6-8,14,19,22,25-26H,5,9-13,15-18,20-21H2,(H,32,38)(H,36,37)/t25-,26-/m1/s1. The van der Waals surface area contributed by atoms with E-state index >= 15 is 0 Å². The summed E-state index contributed by atoms with van der Waals surface area (Å²) in [6, 6.07) is 12.4. The molecular weight excluding hydrogens is 512 g/mol. The average Bonchev–Trinajstić information content (AvgIpc) is 2.99. The highest BCUT2D eigenvalue weighted by Gasteiger charge is 2.31. The van der Waals surface area contributed by atoms with E-state index in [1.807, 2.05) is 30.3 Å². The van der Waals surface area contributed by atoms with Gasteiger partial charge in [0.05, 0.1) is 18.4 Å². The van der Waals surface area contributed by atoms with Gasteiger partial charge in [-0.1, -0.05) is 36.4 Å². The topological polar surface area (TPSA) is 129 Å². The maximum absolute atomic E-state index is 13.0. The lowest BCUT2D eigenvalue weighted by Crippen LogP contribution is -2.46. The van der Waals surface area contributed by atoms with Crippen LogP contribution in [-0.2, 0) is 25.7 Å². The van der Waals surface area contributed by atoms with Crippen molar-refractivity contribution in [2.24, 2.45) is 11.8 Å². The summed E-state index contributed by atoms with van der Waals surface area (Å²) in [5, 5.41) is 12.2. The number of aliphatic carboxylic acids is 1. The number of carboxylic acid groups (broad SMARTS) is 1. The second kappa shape index (κ2) is 14.4. The van der Waals surface area contributed by atoms with Crippen molar-refractivity contribution in [3.63, 3.8) is 0 Å². The van der Waals surface area contributed by atoms with Crippen molar-refractivity contribution in [2.45, 2.75) is 57.6 Å². The molecular formula is C30H38N4O6. The van der Waals surface area contributed by atoms with Crippen LogP contribution in [0.25, 0.3) is 0 Å². The molecule has 0 radical (unpaired) electrons. The zero-order valence-electron chi connectivity index (χ0n) is 22.7. The average molecular weight is 551 g/mol. The Bertz CT molecular complexity index is 1140. The van der Waals surface area contributed by atoms with Gasteiger partial charge in [-0.15, -0.1) is 0 Å². The Hall–Kier alpha value is -3.95. The summed E-state index contributed by atoms with van der Waals surface area (Å²) in [5.74, 6) is -1.22. The Kier molecular flexibility index (Phi) is 10.5. The SMILES string of the molecule is O=C(O)C[C@@H](NC(=O)[C@@H]1CCCN(C(=O)CCC2CCN(C(=O)OCc3ccccc3)CC2)C1)c1cccnc1.